The fourth-order valence-electron chi connectivity index (χ4n) is 3.05. The maximum Gasteiger partial charge on any atom is 0.416 e. The number of alkyl halides is 3. The smallest absolute Gasteiger partial charge is 0.416 e. The van der Waals surface area contributed by atoms with Crippen LogP contribution in [0.3, 0.4) is 0 Å². The number of benzene rings is 3. The van der Waals surface area contributed by atoms with E-state index in [-0.39, 0.29) is 30.0 Å². The van der Waals surface area contributed by atoms with E-state index in [4.69, 9.17) is 21.1 Å². The highest BCUT2D eigenvalue weighted by Crippen LogP contribution is 2.34. The minimum Gasteiger partial charge on any atom is -0.457 e. The number of halogens is 4. The molecule has 0 heterocycles. The molecule has 11 heteroatoms. The van der Waals surface area contributed by atoms with Gasteiger partial charge in [0.2, 0.25) is 5.91 Å². The molecule has 0 aliphatic carbocycles. The minimum atomic E-state index is -4.58. The standard InChI is InChI=1S/C26H22ClF3N2O5/c27-21-14-9-17(26(28,29)30)15-22(21)32-23(33)7-4-8-25(35)36-16-24(34)31-18-10-12-20(13-11-18)37-19-5-2-1-3-6-19/h1-3,5-6,9-15H,4,7-8,16H2,(H,31,34)(H,32,33). The van der Waals surface area contributed by atoms with Crippen LogP contribution in [0.1, 0.15) is 24.8 Å². The van der Waals surface area contributed by atoms with Crippen molar-refractivity contribution in [3.05, 3.63) is 83.4 Å². The van der Waals surface area contributed by atoms with Gasteiger partial charge in [0, 0.05) is 18.5 Å². The first kappa shape index (κ1) is 27.5. The SMILES string of the molecule is O=C(COC(=O)CCCC(=O)Nc1cc(C(F)(F)F)ccc1Cl)Nc1ccc(Oc2ccccc2)cc1. The van der Waals surface area contributed by atoms with Gasteiger partial charge in [0.25, 0.3) is 5.91 Å². The third kappa shape index (κ3) is 9.16. The highest BCUT2D eigenvalue weighted by atomic mass is 35.5. The molecule has 0 saturated carbocycles. The molecule has 0 aromatic heterocycles. The summed E-state index contributed by atoms with van der Waals surface area (Å²) in [5.74, 6) is -0.627. The molecule has 0 atom stereocenters. The number of hydrogen-bond donors (Lipinski definition) is 2. The summed E-state index contributed by atoms with van der Waals surface area (Å²) in [7, 11) is 0. The number of anilines is 2. The van der Waals surface area contributed by atoms with Crippen LogP contribution in [-0.4, -0.2) is 24.4 Å². The van der Waals surface area contributed by atoms with Crippen molar-refractivity contribution in [3.8, 4) is 11.5 Å². The van der Waals surface area contributed by atoms with E-state index in [9.17, 15) is 27.6 Å². The molecule has 2 amide bonds. The molecule has 0 fully saturated rings. The number of hydrogen-bond acceptors (Lipinski definition) is 5. The first-order valence-electron chi connectivity index (χ1n) is 11.1. The number of para-hydroxylation sites is 1. The molecule has 3 aromatic carbocycles. The van der Waals surface area contributed by atoms with Gasteiger partial charge in [-0.25, -0.2) is 0 Å². The molecule has 37 heavy (non-hydrogen) atoms. The maximum absolute atomic E-state index is 12.8. The van der Waals surface area contributed by atoms with E-state index in [2.05, 4.69) is 10.6 Å². The van der Waals surface area contributed by atoms with Gasteiger partial charge in [-0.05, 0) is 61.0 Å². The van der Waals surface area contributed by atoms with Gasteiger partial charge in [-0.1, -0.05) is 29.8 Å². The van der Waals surface area contributed by atoms with Crippen LogP contribution in [0.4, 0.5) is 24.5 Å². The summed E-state index contributed by atoms with van der Waals surface area (Å²) < 4.78 is 49.1. The second-order valence-corrected chi connectivity index (χ2v) is 8.15. The fraction of sp³-hybridized carbons (Fsp3) is 0.192. The van der Waals surface area contributed by atoms with Crippen molar-refractivity contribution in [1.82, 2.24) is 0 Å². The van der Waals surface area contributed by atoms with Gasteiger partial charge in [-0.15, -0.1) is 0 Å². The van der Waals surface area contributed by atoms with E-state index in [1.165, 1.54) is 0 Å². The van der Waals surface area contributed by atoms with Crippen LogP contribution in [-0.2, 0) is 25.3 Å². The Hall–Kier alpha value is -4.05. The summed E-state index contributed by atoms with van der Waals surface area (Å²) in [5.41, 5.74) is -0.655. The second-order valence-electron chi connectivity index (χ2n) is 7.74. The zero-order valence-corrected chi connectivity index (χ0v) is 20.1. The number of carbonyl (C=O) groups excluding carboxylic acids is 3. The quantitative estimate of drug-likeness (QED) is 0.292. The Kier molecular flexibility index (Phi) is 9.51. The highest BCUT2D eigenvalue weighted by molar-refractivity contribution is 6.33. The summed E-state index contributed by atoms with van der Waals surface area (Å²) in [6, 6.07) is 18.4. The molecule has 0 spiro atoms. The average Bonchev–Trinajstić information content (AvgIpc) is 2.85. The number of amides is 2. The lowest BCUT2D eigenvalue weighted by Crippen LogP contribution is -2.21. The van der Waals surface area contributed by atoms with Gasteiger partial charge >= 0.3 is 12.1 Å². The lowest BCUT2D eigenvalue weighted by Gasteiger charge is -2.11. The highest BCUT2D eigenvalue weighted by Gasteiger charge is 2.31. The number of ether oxygens (including phenoxy) is 2. The molecule has 0 bridgehead atoms. The Morgan fingerprint density at radius 2 is 1.49 bits per heavy atom. The molecule has 0 unspecified atom stereocenters. The van der Waals surface area contributed by atoms with Gasteiger partial charge in [0.05, 0.1) is 16.3 Å². The Bertz CT molecular complexity index is 1240. The van der Waals surface area contributed by atoms with Gasteiger partial charge < -0.3 is 20.1 Å². The molecule has 7 nitrogen and oxygen atoms in total. The first-order chi connectivity index (χ1) is 17.6. The van der Waals surface area contributed by atoms with Gasteiger partial charge in [-0.3, -0.25) is 14.4 Å². The second kappa shape index (κ2) is 12.8. The third-order valence-corrected chi connectivity index (χ3v) is 5.16. The van der Waals surface area contributed by atoms with Crippen molar-refractivity contribution in [3.63, 3.8) is 0 Å². The van der Waals surface area contributed by atoms with Crippen LogP contribution in [0.15, 0.2) is 72.8 Å². The Morgan fingerprint density at radius 1 is 0.811 bits per heavy atom. The Morgan fingerprint density at radius 3 is 2.16 bits per heavy atom. The molecule has 194 valence electrons. The third-order valence-electron chi connectivity index (χ3n) is 4.83. The zero-order valence-electron chi connectivity index (χ0n) is 19.3. The van der Waals surface area contributed by atoms with Crippen LogP contribution in [0.5, 0.6) is 11.5 Å². The molecule has 3 rings (SSSR count). The van der Waals surface area contributed by atoms with E-state index in [1.54, 1.807) is 24.3 Å². The van der Waals surface area contributed by atoms with E-state index < -0.39 is 36.1 Å². The van der Waals surface area contributed by atoms with Crippen molar-refractivity contribution in [2.75, 3.05) is 17.2 Å². The fourth-order valence-corrected chi connectivity index (χ4v) is 3.21. The predicted octanol–water partition coefficient (Wildman–Crippen LogP) is 6.44. The van der Waals surface area contributed by atoms with Gasteiger partial charge in [0.15, 0.2) is 6.61 Å². The van der Waals surface area contributed by atoms with Crippen molar-refractivity contribution >= 4 is 40.8 Å². The lowest BCUT2D eigenvalue weighted by molar-refractivity contribution is -0.147. The van der Waals surface area contributed by atoms with Gasteiger partial charge in [-0.2, -0.15) is 13.2 Å². The largest absolute Gasteiger partial charge is 0.457 e. The monoisotopic (exact) mass is 534 g/mol. The van der Waals surface area contributed by atoms with Crippen LogP contribution < -0.4 is 15.4 Å². The molecule has 3 aromatic rings. The normalized spacial score (nSPS) is 10.9. The van der Waals surface area contributed by atoms with E-state index >= 15 is 0 Å². The molecular weight excluding hydrogens is 513 g/mol. The van der Waals surface area contributed by atoms with Crippen LogP contribution in [0, 0.1) is 0 Å². The Balaban J connectivity index is 1.35. The molecule has 0 radical (unpaired) electrons. The van der Waals surface area contributed by atoms with Crippen LogP contribution >= 0.6 is 11.6 Å². The zero-order chi connectivity index (χ0) is 26.8. The maximum atomic E-state index is 12.8. The van der Waals surface area contributed by atoms with E-state index in [1.807, 2.05) is 30.3 Å². The van der Waals surface area contributed by atoms with Gasteiger partial charge in [0.1, 0.15) is 11.5 Å². The topological polar surface area (TPSA) is 93.7 Å². The molecule has 2 N–H and O–H groups in total. The molecule has 0 aliphatic heterocycles. The lowest BCUT2D eigenvalue weighted by atomic mass is 10.2. The predicted molar refractivity (Wildman–Crippen MR) is 131 cm³/mol. The summed E-state index contributed by atoms with van der Waals surface area (Å²) in [5, 5.41) is 4.83. The van der Waals surface area contributed by atoms with Crippen molar-refractivity contribution in [1.29, 1.82) is 0 Å². The van der Waals surface area contributed by atoms with Crippen molar-refractivity contribution in [2.45, 2.75) is 25.4 Å². The Labute approximate surface area is 215 Å². The summed E-state index contributed by atoms with van der Waals surface area (Å²) in [4.78, 5) is 35.9. The number of nitrogens with one attached hydrogen (secondary N) is 2. The minimum absolute atomic E-state index is 0.0508. The van der Waals surface area contributed by atoms with Crippen molar-refractivity contribution < 1.29 is 37.0 Å². The number of carbonyl (C=O) groups is 3. The number of esters is 1. The van der Waals surface area contributed by atoms with E-state index in [0.29, 0.717) is 17.2 Å². The van der Waals surface area contributed by atoms with Crippen LogP contribution in [0.25, 0.3) is 0 Å². The average molecular weight is 535 g/mol. The molecule has 0 aliphatic rings. The van der Waals surface area contributed by atoms with E-state index in [0.717, 1.165) is 18.2 Å². The van der Waals surface area contributed by atoms with Crippen LogP contribution in [0.2, 0.25) is 5.02 Å². The van der Waals surface area contributed by atoms with Crippen molar-refractivity contribution in [2.24, 2.45) is 0 Å². The summed E-state index contributed by atoms with van der Waals surface area (Å²) in [6.45, 7) is -0.521. The first-order valence-corrected chi connectivity index (χ1v) is 11.4. The summed E-state index contributed by atoms with van der Waals surface area (Å²) in [6.07, 6.45) is -4.85. The summed E-state index contributed by atoms with van der Waals surface area (Å²) >= 11 is 5.84. The number of rotatable bonds is 10. The molecular formula is C26H22ClF3N2O5. The molecule has 0 saturated heterocycles.